The Morgan fingerprint density at radius 3 is 2.20 bits per heavy atom. The summed E-state index contributed by atoms with van der Waals surface area (Å²) in [6.45, 7) is 4.43. The molecule has 2 aromatic rings. The minimum atomic E-state index is -0.477. The number of anilines is 1. The fourth-order valence-corrected chi connectivity index (χ4v) is 1.88. The number of nitriles is 1. The summed E-state index contributed by atoms with van der Waals surface area (Å²) in [4.78, 5) is 0. The highest BCUT2D eigenvalue weighted by atomic mass is 19.1. The van der Waals surface area contributed by atoms with Gasteiger partial charge < -0.3 is 5.32 Å². The summed E-state index contributed by atoms with van der Waals surface area (Å²) < 4.78 is 12.8. The lowest BCUT2D eigenvalue weighted by atomic mass is 9.86. The number of nitrogens with one attached hydrogen (secondary N) is 1. The average Bonchev–Trinajstić information content (AvgIpc) is 2.47. The molecular weight excluding hydrogens is 251 g/mol. The first-order valence-corrected chi connectivity index (χ1v) is 6.51. The van der Waals surface area contributed by atoms with E-state index in [9.17, 15) is 4.39 Å². The third-order valence-electron chi connectivity index (χ3n) is 3.30. The Morgan fingerprint density at radius 1 is 1.05 bits per heavy atom. The highest BCUT2D eigenvalue weighted by molar-refractivity contribution is 5.47. The van der Waals surface area contributed by atoms with E-state index in [4.69, 9.17) is 5.26 Å². The topological polar surface area (TPSA) is 35.8 Å². The molecule has 1 N–H and O–H groups in total. The van der Waals surface area contributed by atoms with Crippen LogP contribution in [0.1, 0.15) is 25.0 Å². The Kier molecular flexibility index (Phi) is 4.05. The van der Waals surface area contributed by atoms with Gasteiger partial charge in [0.25, 0.3) is 0 Å². The molecule has 0 spiro atoms. The molecule has 20 heavy (non-hydrogen) atoms. The third kappa shape index (κ3) is 3.36. The lowest BCUT2D eigenvalue weighted by molar-refractivity contribution is 0.627. The van der Waals surface area contributed by atoms with Crippen LogP contribution in [-0.2, 0) is 12.0 Å². The molecule has 2 rings (SSSR count). The van der Waals surface area contributed by atoms with Gasteiger partial charge in [-0.05, 0) is 49.2 Å². The number of hydrogen-bond acceptors (Lipinski definition) is 2. The van der Waals surface area contributed by atoms with E-state index in [1.165, 1.54) is 12.1 Å². The average molecular weight is 268 g/mol. The molecule has 0 radical (unpaired) electrons. The van der Waals surface area contributed by atoms with E-state index in [1.807, 2.05) is 38.1 Å². The van der Waals surface area contributed by atoms with Crippen LogP contribution in [0.2, 0.25) is 0 Å². The molecule has 0 saturated heterocycles. The van der Waals surface area contributed by atoms with Gasteiger partial charge in [-0.3, -0.25) is 0 Å². The Balaban J connectivity index is 2.01. The first kappa shape index (κ1) is 14.1. The monoisotopic (exact) mass is 268 g/mol. The largest absolute Gasteiger partial charge is 0.381 e. The SMILES string of the molecule is CC(C)(C#N)c1ccc(NCc2ccc(F)cc2)cc1. The van der Waals surface area contributed by atoms with Crippen LogP contribution < -0.4 is 5.32 Å². The molecule has 0 fully saturated rings. The van der Waals surface area contributed by atoms with Gasteiger partial charge in [0.1, 0.15) is 5.82 Å². The van der Waals surface area contributed by atoms with Gasteiger partial charge in [-0.1, -0.05) is 24.3 Å². The van der Waals surface area contributed by atoms with Crippen molar-refractivity contribution < 1.29 is 4.39 Å². The van der Waals surface area contributed by atoms with Crippen molar-refractivity contribution >= 4 is 5.69 Å². The van der Waals surface area contributed by atoms with Gasteiger partial charge in [0.05, 0.1) is 11.5 Å². The van der Waals surface area contributed by atoms with Gasteiger partial charge in [0.2, 0.25) is 0 Å². The first-order chi connectivity index (χ1) is 9.51. The second-order valence-corrected chi connectivity index (χ2v) is 5.29. The molecule has 0 saturated carbocycles. The quantitative estimate of drug-likeness (QED) is 0.900. The minimum Gasteiger partial charge on any atom is -0.381 e. The number of halogens is 1. The fourth-order valence-electron chi connectivity index (χ4n) is 1.88. The van der Waals surface area contributed by atoms with Gasteiger partial charge in [-0.2, -0.15) is 5.26 Å². The molecular formula is C17H17FN2. The molecule has 3 heteroatoms. The summed E-state index contributed by atoms with van der Waals surface area (Å²) in [5.41, 5.74) is 2.52. The van der Waals surface area contributed by atoms with Crippen LogP contribution in [-0.4, -0.2) is 0 Å². The van der Waals surface area contributed by atoms with Crippen molar-refractivity contribution in [3.05, 3.63) is 65.5 Å². The van der Waals surface area contributed by atoms with E-state index in [1.54, 1.807) is 12.1 Å². The van der Waals surface area contributed by atoms with Gasteiger partial charge in [-0.25, -0.2) is 4.39 Å². The number of benzene rings is 2. The lowest BCUT2D eigenvalue weighted by Gasteiger charge is -2.16. The molecule has 2 nitrogen and oxygen atoms in total. The molecule has 0 amide bonds. The third-order valence-corrected chi connectivity index (χ3v) is 3.30. The van der Waals surface area contributed by atoms with Gasteiger partial charge >= 0.3 is 0 Å². The van der Waals surface area contributed by atoms with Gasteiger partial charge in [-0.15, -0.1) is 0 Å². The van der Waals surface area contributed by atoms with Crippen LogP contribution in [0.4, 0.5) is 10.1 Å². The predicted octanol–water partition coefficient (Wildman–Crippen LogP) is 4.24. The number of rotatable bonds is 4. The summed E-state index contributed by atoms with van der Waals surface area (Å²) >= 11 is 0. The summed E-state index contributed by atoms with van der Waals surface area (Å²) in [7, 11) is 0. The molecule has 0 aliphatic carbocycles. The zero-order valence-electron chi connectivity index (χ0n) is 11.7. The van der Waals surface area contributed by atoms with Crippen molar-refractivity contribution in [2.24, 2.45) is 0 Å². The van der Waals surface area contributed by atoms with Crippen molar-refractivity contribution in [1.82, 2.24) is 0 Å². The van der Waals surface area contributed by atoms with Gasteiger partial charge in [0.15, 0.2) is 0 Å². The van der Waals surface area contributed by atoms with Crippen molar-refractivity contribution in [3.8, 4) is 6.07 Å². The summed E-state index contributed by atoms with van der Waals surface area (Å²) in [5.74, 6) is -0.225. The Bertz CT molecular complexity index is 607. The van der Waals surface area contributed by atoms with Crippen molar-refractivity contribution in [2.75, 3.05) is 5.32 Å². The number of hydrogen-bond donors (Lipinski definition) is 1. The van der Waals surface area contributed by atoms with Crippen molar-refractivity contribution in [3.63, 3.8) is 0 Å². The van der Waals surface area contributed by atoms with Gasteiger partial charge in [0, 0.05) is 12.2 Å². The van der Waals surface area contributed by atoms with Crippen LogP contribution in [0.25, 0.3) is 0 Å². The van der Waals surface area contributed by atoms with E-state index < -0.39 is 5.41 Å². The summed E-state index contributed by atoms with van der Waals surface area (Å²) in [6, 6.07) is 16.5. The maximum Gasteiger partial charge on any atom is 0.123 e. The van der Waals surface area contributed by atoms with E-state index in [-0.39, 0.29) is 5.82 Å². The molecule has 2 aromatic carbocycles. The molecule has 102 valence electrons. The summed E-state index contributed by atoms with van der Waals surface area (Å²) in [5, 5.41) is 12.4. The van der Waals surface area contributed by atoms with Crippen LogP contribution in [0.3, 0.4) is 0 Å². The fraction of sp³-hybridized carbons (Fsp3) is 0.235. The molecule has 0 heterocycles. The van der Waals surface area contributed by atoms with E-state index in [2.05, 4.69) is 11.4 Å². The maximum atomic E-state index is 12.8. The van der Waals surface area contributed by atoms with Crippen LogP contribution in [0.5, 0.6) is 0 Å². The zero-order chi connectivity index (χ0) is 14.6. The van der Waals surface area contributed by atoms with E-state index in [0.717, 1.165) is 16.8 Å². The predicted molar refractivity (Wildman–Crippen MR) is 78.8 cm³/mol. The zero-order valence-corrected chi connectivity index (χ0v) is 11.7. The second kappa shape index (κ2) is 5.75. The minimum absolute atomic E-state index is 0.225. The van der Waals surface area contributed by atoms with Crippen LogP contribution >= 0.6 is 0 Å². The molecule has 0 aliphatic heterocycles. The van der Waals surface area contributed by atoms with E-state index >= 15 is 0 Å². The highest BCUT2D eigenvalue weighted by Crippen LogP contribution is 2.23. The molecule has 0 aromatic heterocycles. The van der Waals surface area contributed by atoms with E-state index in [0.29, 0.717) is 6.54 Å². The normalized spacial score (nSPS) is 10.9. The highest BCUT2D eigenvalue weighted by Gasteiger charge is 2.18. The molecule has 0 bridgehead atoms. The lowest BCUT2D eigenvalue weighted by Crippen LogP contribution is -2.13. The number of nitrogens with zero attached hydrogens (tertiary/aromatic N) is 1. The molecule has 0 aliphatic rings. The molecule has 0 unspecified atom stereocenters. The second-order valence-electron chi connectivity index (χ2n) is 5.29. The Morgan fingerprint density at radius 2 is 1.65 bits per heavy atom. The first-order valence-electron chi connectivity index (χ1n) is 6.51. The standard InChI is InChI=1S/C17H17FN2/c1-17(2,12-19)14-5-9-16(10-6-14)20-11-13-3-7-15(18)8-4-13/h3-10,20H,11H2,1-2H3. The maximum absolute atomic E-state index is 12.8. The molecule has 0 atom stereocenters. The Labute approximate surface area is 118 Å². The van der Waals surface area contributed by atoms with Crippen molar-refractivity contribution in [2.45, 2.75) is 25.8 Å². The van der Waals surface area contributed by atoms with Crippen LogP contribution in [0, 0.1) is 17.1 Å². The Hall–Kier alpha value is -2.34. The summed E-state index contributed by atoms with van der Waals surface area (Å²) in [6.07, 6.45) is 0. The van der Waals surface area contributed by atoms with Crippen LogP contribution in [0.15, 0.2) is 48.5 Å². The smallest absolute Gasteiger partial charge is 0.123 e. The van der Waals surface area contributed by atoms with Crippen molar-refractivity contribution in [1.29, 1.82) is 5.26 Å².